The molecule has 2 fully saturated rings. The maximum Gasteiger partial charge on any atom is 0.259 e. The number of rotatable bonds is 4. The first-order valence-electron chi connectivity index (χ1n) is 11.6. The Morgan fingerprint density at radius 2 is 1.74 bits per heavy atom. The first-order chi connectivity index (χ1) is 15.2. The van der Waals surface area contributed by atoms with Gasteiger partial charge in [-0.05, 0) is 49.4 Å². The number of anilines is 1. The van der Waals surface area contributed by atoms with E-state index in [2.05, 4.69) is 5.32 Å². The van der Waals surface area contributed by atoms with Crippen LogP contribution in [0.2, 0.25) is 0 Å². The molecule has 2 aromatic carbocycles. The Bertz CT molecular complexity index is 946. The van der Waals surface area contributed by atoms with E-state index in [0.717, 1.165) is 62.8 Å². The van der Waals surface area contributed by atoms with E-state index in [1.807, 2.05) is 59.5 Å². The van der Waals surface area contributed by atoms with Gasteiger partial charge in [-0.15, -0.1) is 0 Å². The van der Waals surface area contributed by atoms with Crippen LogP contribution in [-0.4, -0.2) is 36.6 Å². The fourth-order valence-corrected chi connectivity index (χ4v) is 5.82. The molecule has 1 saturated carbocycles. The normalized spacial score (nSPS) is 24.8. The number of hydrogen-bond acceptors (Lipinski definition) is 3. The number of ether oxygens (including phenoxy) is 1. The highest BCUT2D eigenvalue weighted by Crippen LogP contribution is 2.50. The van der Waals surface area contributed by atoms with Crippen molar-refractivity contribution in [3.63, 3.8) is 0 Å². The molecule has 2 atom stereocenters. The Morgan fingerprint density at radius 1 is 1.00 bits per heavy atom. The molecule has 1 aliphatic carbocycles. The van der Waals surface area contributed by atoms with E-state index in [-0.39, 0.29) is 23.8 Å². The van der Waals surface area contributed by atoms with E-state index in [1.165, 1.54) is 0 Å². The zero-order valence-corrected chi connectivity index (χ0v) is 17.9. The molecule has 5 rings (SSSR count). The van der Waals surface area contributed by atoms with Gasteiger partial charge in [-0.3, -0.25) is 9.59 Å². The van der Waals surface area contributed by atoms with Crippen molar-refractivity contribution in [2.75, 3.05) is 18.1 Å². The van der Waals surface area contributed by atoms with E-state index < -0.39 is 5.54 Å². The van der Waals surface area contributed by atoms with Crippen molar-refractivity contribution in [3.8, 4) is 0 Å². The number of amides is 2. The molecule has 31 heavy (non-hydrogen) atoms. The third-order valence-corrected chi connectivity index (χ3v) is 7.21. The minimum absolute atomic E-state index is 0.00637. The van der Waals surface area contributed by atoms with Crippen molar-refractivity contribution in [1.29, 1.82) is 0 Å². The fraction of sp³-hybridized carbons (Fsp3) is 0.462. The van der Waals surface area contributed by atoms with E-state index in [4.69, 9.17) is 4.74 Å². The van der Waals surface area contributed by atoms with Crippen molar-refractivity contribution < 1.29 is 14.3 Å². The standard InChI is InChI=1S/C26H30N2O3/c29-24(27-18-20-12-9-17-31-20)23-21-13-5-6-14-22(21)25(30)28(19-10-3-1-4-11-19)26(23)15-7-2-8-16-26/h1,3-6,10-11,13-14,20,23H,2,7-9,12,15-18H2,(H,27,29)/t20-,23-/m1/s1. The highest BCUT2D eigenvalue weighted by Gasteiger charge is 2.55. The highest BCUT2D eigenvalue weighted by molar-refractivity contribution is 6.12. The number of carbonyl (C=O) groups excluding carboxylic acids is 2. The van der Waals surface area contributed by atoms with E-state index in [0.29, 0.717) is 12.1 Å². The Labute approximate surface area is 183 Å². The molecule has 0 unspecified atom stereocenters. The second-order valence-electron chi connectivity index (χ2n) is 9.04. The molecular formula is C26H30N2O3. The predicted molar refractivity (Wildman–Crippen MR) is 120 cm³/mol. The Balaban J connectivity index is 1.59. The maximum absolute atomic E-state index is 13.8. The Morgan fingerprint density at radius 3 is 2.48 bits per heavy atom. The Kier molecular flexibility index (Phi) is 5.53. The quantitative estimate of drug-likeness (QED) is 0.799. The lowest BCUT2D eigenvalue weighted by molar-refractivity contribution is -0.125. The smallest absolute Gasteiger partial charge is 0.259 e. The first kappa shape index (κ1) is 20.3. The monoisotopic (exact) mass is 418 g/mol. The summed E-state index contributed by atoms with van der Waals surface area (Å²) in [6.07, 6.45) is 6.98. The van der Waals surface area contributed by atoms with Crippen molar-refractivity contribution in [1.82, 2.24) is 5.32 Å². The lowest BCUT2D eigenvalue weighted by Gasteiger charge is -2.53. The van der Waals surface area contributed by atoms with Crippen LogP contribution in [0.3, 0.4) is 0 Å². The molecule has 0 aromatic heterocycles. The lowest BCUT2D eigenvalue weighted by atomic mass is 9.65. The van der Waals surface area contributed by atoms with Crippen LogP contribution in [0, 0.1) is 0 Å². The number of fused-ring (bicyclic) bond motifs is 1. The average molecular weight is 419 g/mol. The maximum atomic E-state index is 13.8. The summed E-state index contributed by atoms with van der Waals surface area (Å²) in [5, 5.41) is 3.19. The number of nitrogens with zero attached hydrogens (tertiary/aromatic N) is 1. The molecule has 3 aliphatic rings. The molecule has 2 aromatic rings. The summed E-state index contributed by atoms with van der Waals surface area (Å²) in [4.78, 5) is 29.5. The van der Waals surface area contributed by atoms with Gasteiger partial charge >= 0.3 is 0 Å². The molecule has 0 radical (unpaired) electrons. The molecule has 2 aliphatic heterocycles. The summed E-state index contributed by atoms with van der Waals surface area (Å²) in [6.45, 7) is 1.31. The minimum Gasteiger partial charge on any atom is -0.376 e. The summed E-state index contributed by atoms with van der Waals surface area (Å²) in [7, 11) is 0. The van der Waals surface area contributed by atoms with Crippen molar-refractivity contribution >= 4 is 17.5 Å². The van der Waals surface area contributed by atoms with Gasteiger partial charge in [0.2, 0.25) is 5.91 Å². The number of hydrogen-bond donors (Lipinski definition) is 1. The first-order valence-corrected chi connectivity index (χ1v) is 11.6. The summed E-state index contributed by atoms with van der Waals surface area (Å²) in [6, 6.07) is 17.5. The van der Waals surface area contributed by atoms with Crippen LogP contribution in [0.5, 0.6) is 0 Å². The van der Waals surface area contributed by atoms with Gasteiger partial charge in [0.15, 0.2) is 0 Å². The molecule has 2 heterocycles. The molecule has 1 saturated heterocycles. The van der Waals surface area contributed by atoms with Gasteiger partial charge in [-0.25, -0.2) is 0 Å². The second kappa shape index (κ2) is 8.46. The SMILES string of the molecule is O=C(NC[C@H]1CCCO1)[C@H]1c2ccccc2C(=O)N(c2ccccc2)C12CCCCC2. The van der Waals surface area contributed by atoms with Gasteiger partial charge < -0.3 is 15.0 Å². The average Bonchev–Trinajstić information content (AvgIpc) is 3.33. The summed E-state index contributed by atoms with van der Waals surface area (Å²) < 4.78 is 5.73. The zero-order chi connectivity index (χ0) is 21.3. The Hall–Kier alpha value is -2.66. The van der Waals surface area contributed by atoms with Crippen molar-refractivity contribution in [3.05, 3.63) is 65.7 Å². The van der Waals surface area contributed by atoms with Gasteiger partial charge in [-0.1, -0.05) is 55.7 Å². The topological polar surface area (TPSA) is 58.6 Å². The van der Waals surface area contributed by atoms with E-state index in [9.17, 15) is 9.59 Å². The summed E-state index contributed by atoms with van der Waals surface area (Å²) in [5.41, 5.74) is 1.85. The summed E-state index contributed by atoms with van der Waals surface area (Å²) in [5.74, 6) is -0.367. The van der Waals surface area contributed by atoms with E-state index in [1.54, 1.807) is 0 Å². The fourth-order valence-electron chi connectivity index (χ4n) is 5.82. The molecule has 1 N–H and O–H groups in total. The third-order valence-electron chi connectivity index (χ3n) is 7.21. The van der Waals surface area contributed by atoms with Crippen LogP contribution in [-0.2, 0) is 9.53 Å². The van der Waals surface area contributed by atoms with Crippen LogP contribution in [0.25, 0.3) is 0 Å². The minimum atomic E-state index is -0.536. The molecule has 1 spiro atoms. The molecule has 0 bridgehead atoms. The molecule has 2 amide bonds. The number of benzene rings is 2. The molecular weight excluding hydrogens is 388 g/mol. The predicted octanol–water partition coefficient (Wildman–Crippen LogP) is 4.43. The van der Waals surface area contributed by atoms with Crippen LogP contribution >= 0.6 is 0 Å². The van der Waals surface area contributed by atoms with Gasteiger partial charge in [-0.2, -0.15) is 0 Å². The van der Waals surface area contributed by atoms with Crippen LogP contribution < -0.4 is 10.2 Å². The number of carbonyl (C=O) groups is 2. The number of nitrogens with one attached hydrogen (secondary N) is 1. The highest BCUT2D eigenvalue weighted by atomic mass is 16.5. The molecule has 162 valence electrons. The van der Waals surface area contributed by atoms with Crippen LogP contribution in [0.4, 0.5) is 5.69 Å². The van der Waals surface area contributed by atoms with Crippen LogP contribution in [0.15, 0.2) is 54.6 Å². The van der Waals surface area contributed by atoms with Crippen molar-refractivity contribution in [2.24, 2.45) is 0 Å². The summed E-state index contributed by atoms with van der Waals surface area (Å²) >= 11 is 0. The van der Waals surface area contributed by atoms with E-state index >= 15 is 0 Å². The number of para-hydroxylation sites is 1. The second-order valence-corrected chi connectivity index (χ2v) is 9.04. The zero-order valence-electron chi connectivity index (χ0n) is 17.9. The van der Waals surface area contributed by atoms with Gasteiger partial charge in [0.1, 0.15) is 0 Å². The molecule has 5 heteroatoms. The van der Waals surface area contributed by atoms with Crippen LogP contribution in [0.1, 0.15) is 66.8 Å². The van der Waals surface area contributed by atoms with Gasteiger partial charge in [0.25, 0.3) is 5.91 Å². The largest absolute Gasteiger partial charge is 0.376 e. The van der Waals surface area contributed by atoms with Crippen molar-refractivity contribution in [2.45, 2.75) is 62.5 Å². The molecule has 5 nitrogen and oxygen atoms in total. The third kappa shape index (κ3) is 3.55. The lowest BCUT2D eigenvalue weighted by Crippen LogP contribution is -2.63. The van der Waals surface area contributed by atoms with Gasteiger partial charge in [0, 0.05) is 24.4 Å². The van der Waals surface area contributed by atoms with Gasteiger partial charge in [0.05, 0.1) is 17.6 Å².